The summed E-state index contributed by atoms with van der Waals surface area (Å²) in [6, 6.07) is 4.22. The first-order valence-electron chi connectivity index (χ1n) is 6.67. The summed E-state index contributed by atoms with van der Waals surface area (Å²) in [5, 5.41) is 7.80. The van der Waals surface area contributed by atoms with Gasteiger partial charge < -0.3 is 9.73 Å². The van der Waals surface area contributed by atoms with E-state index in [2.05, 4.69) is 38.0 Å². The molecule has 0 spiro atoms. The fraction of sp³-hybridized carbons (Fsp3) is 0.500. The first-order chi connectivity index (χ1) is 9.26. The van der Waals surface area contributed by atoms with E-state index in [1.54, 1.807) is 6.26 Å². The minimum atomic E-state index is 0.272. The van der Waals surface area contributed by atoms with Crippen molar-refractivity contribution in [3.63, 3.8) is 0 Å². The van der Waals surface area contributed by atoms with Gasteiger partial charge in [-0.25, -0.2) is 0 Å². The molecule has 1 atom stereocenters. The van der Waals surface area contributed by atoms with E-state index < -0.39 is 0 Å². The van der Waals surface area contributed by atoms with Crippen LogP contribution in [0, 0.1) is 0 Å². The fourth-order valence-electron chi connectivity index (χ4n) is 2.27. The highest BCUT2D eigenvalue weighted by Gasteiger charge is 2.18. The molecule has 4 nitrogen and oxygen atoms in total. The van der Waals surface area contributed by atoms with E-state index in [0.29, 0.717) is 0 Å². The third-order valence-corrected chi connectivity index (χ3v) is 3.82. The average Bonchev–Trinajstić information content (AvgIpc) is 3.03. The molecule has 1 unspecified atom stereocenters. The zero-order chi connectivity index (χ0) is 13.7. The number of hydrogen-bond acceptors (Lipinski definition) is 3. The van der Waals surface area contributed by atoms with Crippen LogP contribution in [0.3, 0.4) is 0 Å². The van der Waals surface area contributed by atoms with Crippen LogP contribution in [0.5, 0.6) is 0 Å². The lowest BCUT2D eigenvalue weighted by atomic mass is 10.1. The topological polar surface area (TPSA) is 43.0 Å². The number of furan rings is 1. The Morgan fingerprint density at radius 2 is 2.37 bits per heavy atom. The second-order valence-corrected chi connectivity index (χ2v) is 5.41. The summed E-state index contributed by atoms with van der Waals surface area (Å²) in [6.07, 6.45) is 6.58. The van der Waals surface area contributed by atoms with Crippen molar-refractivity contribution in [2.45, 2.75) is 38.8 Å². The summed E-state index contributed by atoms with van der Waals surface area (Å²) in [6.45, 7) is 3.11. The zero-order valence-electron chi connectivity index (χ0n) is 11.4. The van der Waals surface area contributed by atoms with Crippen molar-refractivity contribution < 1.29 is 4.42 Å². The summed E-state index contributed by atoms with van der Waals surface area (Å²) in [5.74, 6) is 1.03. The second kappa shape index (κ2) is 6.91. The quantitative estimate of drug-likeness (QED) is 0.846. The molecule has 2 rings (SSSR count). The summed E-state index contributed by atoms with van der Waals surface area (Å²) < 4.78 is 8.54. The first-order valence-corrected chi connectivity index (χ1v) is 7.46. The Kier molecular flexibility index (Phi) is 5.22. The van der Waals surface area contributed by atoms with Crippen LogP contribution >= 0.6 is 15.9 Å². The van der Waals surface area contributed by atoms with Crippen LogP contribution < -0.4 is 5.32 Å². The van der Waals surface area contributed by atoms with Crippen LogP contribution in [-0.4, -0.2) is 16.8 Å². The lowest BCUT2D eigenvalue weighted by Crippen LogP contribution is -2.21. The van der Waals surface area contributed by atoms with Gasteiger partial charge in [0.2, 0.25) is 0 Å². The molecule has 2 aromatic heterocycles. The molecule has 104 valence electrons. The van der Waals surface area contributed by atoms with Gasteiger partial charge in [0.1, 0.15) is 5.76 Å². The molecule has 0 aliphatic heterocycles. The molecule has 0 saturated carbocycles. The maximum atomic E-state index is 5.39. The molecule has 0 aliphatic rings. The van der Waals surface area contributed by atoms with E-state index >= 15 is 0 Å². The summed E-state index contributed by atoms with van der Waals surface area (Å²) in [5.41, 5.74) is 1.22. The SMILES string of the molecule is CCCn1ncc(Br)c1C(CCc1ccco1)NC. The second-order valence-electron chi connectivity index (χ2n) is 4.56. The summed E-state index contributed by atoms with van der Waals surface area (Å²) >= 11 is 3.60. The van der Waals surface area contributed by atoms with Crippen LogP contribution in [0.15, 0.2) is 33.5 Å². The normalized spacial score (nSPS) is 12.8. The third kappa shape index (κ3) is 3.48. The molecule has 0 aliphatic carbocycles. The van der Waals surface area contributed by atoms with Crippen molar-refractivity contribution in [1.29, 1.82) is 0 Å². The van der Waals surface area contributed by atoms with Gasteiger partial charge in [0.25, 0.3) is 0 Å². The highest BCUT2D eigenvalue weighted by molar-refractivity contribution is 9.10. The predicted molar refractivity (Wildman–Crippen MR) is 79.0 cm³/mol. The van der Waals surface area contributed by atoms with Crippen molar-refractivity contribution in [3.8, 4) is 0 Å². The number of nitrogens with one attached hydrogen (secondary N) is 1. The molecule has 2 heterocycles. The van der Waals surface area contributed by atoms with Gasteiger partial charge in [-0.3, -0.25) is 4.68 Å². The summed E-state index contributed by atoms with van der Waals surface area (Å²) in [4.78, 5) is 0. The van der Waals surface area contributed by atoms with E-state index in [1.165, 1.54) is 5.69 Å². The van der Waals surface area contributed by atoms with Crippen LogP contribution in [0.2, 0.25) is 0 Å². The van der Waals surface area contributed by atoms with Crippen LogP contribution in [-0.2, 0) is 13.0 Å². The monoisotopic (exact) mass is 325 g/mol. The molecule has 0 fully saturated rings. The van der Waals surface area contributed by atoms with Gasteiger partial charge in [-0.1, -0.05) is 6.92 Å². The lowest BCUT2D eigenvalue weighted by Gasteiger charge is -2.18. The smallest absolute Gasteiger partial charge is 0.103 e. The average molecular weight is 326 g/mol. The highest BCUT2D eigenvalue weighted by Crippen LogP contribution is 2.26. The van der Waals surface area contributed by atoms with Crippen molar-refractivity contribution >= 4 is 15.9 Å². The lowest BCUT2D eigenvalue weighted by molar-refractivity contribution is 0.443. The van der Waals surface area contributed by atoms with Crippen molar-refractivity contribution in [3.05, 3.63) is 40.5 Å². The molecule has 0 saturated heterocycles. The van der Waals surface area contributed by atoms with E-state index in [0.717, 1.165) is 36.0 Å². The molecule has 0 aromatic carbocycles. The van der Waals surface area contributed by atoms with Crippen molar-refractivity contribution in [1.82, 2.24) is 15.1 Å². The molecule has 5 heteroatoms. The van der Waals surface area contributed by atoms with Crippen molar-refractivity contribution in [2.24, 2.45) is 0 Å². The van der Waals surface area contributed by atoms with E-state index in [4.69, 9.17) is 4.42 Å². The van der Waals surface area contributed by atoms with Crippen LogP contribution in [0.1, 0.15) is 37.3 Å². The highest BCUT2D eigenvalue weighted by atomic mass is 79.9. The Morgan fingerprint density at radius 3 is 3.00 bits per heavy atom. The minimum Gasteiger partial charge on any atom is -0.469 e. The molecule has 2 aromatic rings. The number of halogens is 1. The summed E-state index contributed by atoms with van der Waals surface area (Å²) in [7, 11) is 1.99. The Labute approximate surface area is 122 Å². The van der Waals surface area contributed by atoms with Gasteiger partial charge in [-0.2, -0.15) is 5.10 Å². The maximum absolute atomic E-state index is 5.39. The molecule has 0 amide bonds. The number of rotatable bonds is 7. The third-order valence-electron chi connectivity index (χ3n) is 3.21. The van der Waals surface area contributed by atoms with Gasteiger partial charge in [-0.05, 0) is 48.0 Å². The van der Waals surface area contributed by atoms with E-state index in [-0.39, 0.29) is 6.04 Å². The number of nitrogens with zero attached hydrogens (tertiary/aromatic N) is 2. The first kappa shape index (κ1) is 14.3. The number of aryl methyl sites for hydroxylation is 2. The van der Waals surface area contributed by atoms with E-state index in [1.807, 2.05) is 25.4 Å². The van der Waals surface area contributed by atoms with Gasteiger partial charge in [0.05, 0.1) is 28.7 Å². The Balaban J connectivity index is 2.10. The zero-order valence-corrected chi connectivity index (χ0v) is 13.0. The van der Waals surface area contributed by atoms with Gasteiger partial charge in [0, 0.05) is 13.0 Å². The number of hydrogen-bond donors (Lipinski definition) is 1. The molecular formula is C14H20BrN3O. The fourth-order valence-corrected chi connectivity index (χ4v) is 2.84. The number of aromatic nitrogens is 2. The van der Waals surface area contributed by atoms with Gasteiger partial charge in [-0.15, -0.1) is 0 Å². The van der Waals surface area contributed by atoms with Gasteiger partial charge in [0.15, 0.2) is 0 Å². The molecule has 0 radical (unpaired) electrons. The largest absolute Gasteiger partial charge is 0.469 e. The Bertz CT molecular complexity index is 493. The standard InChI is InChI=1S/C14H20BrN3O/c1-3-8-18-14(12(15)10-17-18)13(16-2)7-6-11-5-4-9-19-11/h4-5,9-10,13,16H,3,6-8H2,1-2H3. The Morgan fingerprint density at radius 1 is 1.53 bits per heavy atom. The maximum Gasteiger partial charge on any atom is 0.103 e. The molecule has 0 bridgehead atoms. The van der Waals surface area contributed by atoms with Crippen LogP contribution in [0.4, 0.5) is 0 Å². The van der Waals surface area contributed by atoms with Crippen LogP contribution in [0.25, 0.3) is 0 Å². The minimum absolute atomic E-state index is 0.272. The molecule has 19 heavy (non-hydrogen) atoms. The Hall–Kier alpha value is -1.07. The predicted octanol–water partition coefficient (Wildman–Crippen LogP) is 3.54. The van der Waals surface area contributed by atoms with E-state index in [9.17, 15) is 0 Å². The van der Waals surface area contributed by atoms with Crippen molar-refractivity contribution in [2.75, 3.05) is 7.05 Å². The van der Waals surface area contributed by atoms with Gasteiger partial charge >= 0.3 is 0 Å². The molecular weight excluding hydrogens is 306 g/mol. The molecule has 1 N–H and O–H groups in total.